The Labute approximate surface area is 141 Å². The van der Waals surface area contributed by atoms with E-state index in [9.17, 15) is 5.11 Å². The number of methoxy groups -OCH3 is 1. The molecule has 1 unspecified atom stereocenters. The first-order chi connectivity index (χ1) is 9.92. The number of halogens is 2. The lowest BCUT2D eigenvalue weighted by Gasteiger charge is -2.20. The molecular formula is C16H17Br2NO2. The zero-order valence-corrected chi connectivity index (χ0v) is 15.2. The number of hydrogen-bond acceptors (Lipinski definition) is 3. The Bertz CT molecular complexity index is 636. The Morgan fingerprint density at radius 1 is 1.14 bits per heavy atom. The van der Waals surface area contributed by atoms with Crippen molar-refractivity contribution >= 4 is 37.5 Å². The molecule has 112 valence electrons. The summed E-state index contributed by atoms with van der Waals surface area (Å²) < 4.78 is 7.07. The molecular weight excluding hydrogens is 398 g/mol. The van der Waals surface area contributed by atoms with E-state index in [2.05, 4.69) is 37.2 Å². The Morgan fingerprint density at radius 2 is 1.76 bits per heavy atom. The summed E-state index contributed by atoms with van der Waals surface area (Å²) in [5, 5.41) is 13.5. The molecule has 21 heavy (non-hydrogen) atoms. The van der Waals surface area contributed by atoms with Crippen LogP contribution in [0.2, 0.25) is 0 Å². The molecule has 1 atom stereocenters. The van der Waals surface area contributed by atoms with Gasteiger partial charge in [-0.3, -0.25) is 0 Å². The molecule has 0 fully saturated rings. The fraction of sp³-hybridized carbons (Fsp3) is 0.250. The predicted octanol–water partition coefficient (Wildman–Crippen LogP) is 5.41. The highest BCUT2D eigenvalue weighted by Gasteiger charge is 2.14. The first-order valence-electron chi connectivity index (χ1n) is 6.51. The van der Waals surface area contributed by atoms with Crippen molar-refractivity contribution in [2.45, 2.75) is 19.9 Å². The predicted molar refractivity (Wildman–Crippen MR) is 93.3 cm³/mol. The van der Waals surface area contributed by atoms with Gasteiger partial charge in [-0.15, -0.1) is 0 Å². The summed E-state index contributed by atoms with van der Waals surface area (Å²) in [6.45, 7) is 4.04. The van der Waals surface area contributed by atoms with Gasteiger partial charge in [-0.1, -0.05) is 0 Å². The van der Waals surface area contributed by atoms with Gasteiger partial charge in [0.2, 0.25) is 0 Å². The molecule has 3 nitrogen and oxygen atoms in total. The van der Waals surface area contributed by atoms with Crippen LogP contribution < -0.4 is 10.1 Å². The van der Waals surface area contributed by atoms with E-state index >= 15 is 0 Å². The average Bonchev–Trinajstić information content (AvgIpc) is 2.42. The fourth-order valence-electron chi connectivity index (χ4n) is 2.15. The van der Waals surface area contributed by atoms with Crippen LogP contribution in [0, 0.1) is 6.92 Å². The summed E-state index contributed by atoms with van der Waals surface area (Å²) in [6.07, 6.45) is 0. The van der Waals surface area contributed by atoms with Crippen molar-refractivity contribution in [2.24, 2.45) is 0 Å². The number of ether oxygens (including phenoxy) is 1. The van der Waals surface area contributed by atoms with Crippen LogP contribution in [0.25, 0.3) is 0 Å². The van der Waals surface area contributed by atoms with Gasteiger partial charge in [-0.05, 0) is 75.5 Å². The monoisotopic (exact) mass is 413 g/mol. The van der Waals surface area contributed by atoms with Crippen molar-refractivity contribution in [3.8, 4) is 11.5 Å². The number of phenols is 1. The van der Waals surface area contributed by atoms with Crippen LogP contribution in [0.15, 0.2) is 39.3 Å². The van der Waals surface area contributed by atoms with Crippen molar-refractivity contribution < 1.29 is 9.84 Å². The third-order valence-corrected chi connectivity index (χ3v) is 4.50. The number of aromatic hydroxyl groups is 1. The van der Waals surface area contributed by atoms with Gasteiger partial charge in [0.1, 0.15) is 11.5 Å². The third kappa shape index (κ3) is 3.71. The summed E-state index contributed by atoms with van der Waals surface area (Å²) in [5.41, 5.74) is 2.94. The van der Waals surface area contributed by atoms with Crippen LogP contribution in [0.5, 0.6) is 11.5 Å². The normalized spacial score (nSPS) is 12.0. The highest BCUT2D eigenvalue weighted by molar-refractivity contribution is 9.11. The number of anilines is 1. The summed E-state index contributed by atoms with van der Waals surface area (Å²) >= 11 is 7.13. The lowest BCUT2D eigenvalue weighted by molar-refractivity contribution is 0.406. The quantitative estimate of drug-likeness (QED) is 0.702. The maximum absolute atomic E-state index is 10.1. The van der Waals surface area contributed by atoms with Crippen molar-refractivity contribution in [2.75, 3.05) is 12.4 Å². The number of phenolic OH excluding ortho intramolecular Hbond substituents is 1. The van der Waals surface area contributed by atoms with E-state index in [0.29, 0.717) is 5.75 Å². The Hall–Kier alpha value is -1.20. The zero-order chi connectivity index (χ0) is 15.6. The number of nitrogens with one attached hydrogen (secondary N) is 1. The molecule has 0 heterocycles. The summed E-state index contributed by atoms with van der Waals surface area (Å²) in [4.78, 5) is 0. The van der Waals surface area contributed by atoms with Gasteiger partial charge in [0.05, 0.1) is 18.8 Å². The molecule has 0 aliphatic carbocycles. The van der Waals surface area contributed by atoms with Crippen LogP contribution in [0.1, 0.15) is 24.1 Å². The van der Waals surface area contributed by atoms with Crippen LogP contribution in [-0.4, -0.2) is 12.2 Å². The van der Waals surface area contributed by atoms with Gasteiger partial charge in [-0.2, -0.15) is 0 Å². The maximum atomic E-state index is 10.1. The standard InChI is InChI=1S/C16H17Br2NO2/c1-9-6-13(17)16(14(18)7-9)19-10(2)12-5-4-11(21-3)8-15(12)20/h4-8,10,19-20H,1-3H3. The van der Waals surface area contributed by atoms with E-state index < -0.39 is 0 Å². The fourth-order valence-corrected chi connectivity index (χ4v) is 3.79. The van der Waals surface area contributed by atoms with Crippen molar-refractivity contribution in [1.82, 2.24) is 0 Å². The number of rotatable bonds is 4. The second kappa shape index (κ2) is 6.71. The number of benzene rings is 2. The van der Waals surface area contributed by atoms with Gasteiger partial charge in [0.25, 0.3) is 0 Å². The van der Waals surface area contributed by atoms with E-state index in [4.69, 9.17) is 4.74 Å². The Kier molecular flexibility index (Phi) is 5.17. The van der Waals surface area contributed by atoms with Gasteiger partial charge in [0, 0.05) is 20.6 Å². The van der Waals surface area contributed by atoms with Gasteiger partial charge >= 0.3 is 0 Å². The van der Waals surface area contributed by atoms with Crippen LogP contribution >= 0.6 is 31.9 Å². The van der Waals surface area contributed by atoms with Crippen molar-refractivity contribution in [3.05, 3.63) is 50.4 Å². The Morgan fingerprint density at radius 3 is 2.29 bits per heavy atom. The number of hydrogen-bond donors (Lipinski definition) is 2. The summed E-state index contributed by atoms with van der Waals surface area (Å²) in [6, 6.07) is 9.37. The lowest BCUT2D eigenvalue weighted by atomic mass is 10.1. The van der Waals surface area contributed by atoms with Gasteiger partial charge in [0.15, 0.2) is 0 Å². The van der Waals surface area contributed by atoms with E-state index in [0.717, 1.165) is 20.2 Å². The first kappa shape index (κ1) is 16.2. The van der Waals surface area contributed by atoms with Crippen LogP contribution in [-0.2, 0) is 0 Å². The molecule has 0 saturated heterocycles. The zero-order valence-electron chi connectivity index (χ0n) is 12.1. The smallest absolute Gasteiger partial charge is 0.124 e. The largest absolute Gasteiger partial charge is 0.507 e. The molecule has 0 spiro atoms. The summed E-state index contributed by atoms with van der Waals surface area (Å²) in [5.74, 6) is 0.856. The third-order valence-electron chi connectivity index (χ3n) is 3.25. The second-order valence-electron chi connectivity index (χ2n) is 4.89. The molecule has 2 aromatic carbocycles. The molecule has 0 aromatic heterocycles. The average molecular weight is 415 g/mol. The minimum absolute atomic E-state index is 0.0498. The molecule has 0 bridgehead atoms. The molecule has 2 aromatic rings. The van der Waals surface area contributed by atoms with Crippen LogP contribution in [0.4, 0.5) is 5.69 Å². The molecule has 2 N–H and O–H groups in total. The molecule has 5 heteroatoms. The minimum atomic E-state index is -0.0498. The van der Waals surface area contributed by atoms with Crippen molar-refractivity contribution in [3.63, 3.8) is 0 Å². The van der Waals surface area contributed by atoms with Crippen LogP contribution in [0.3, 0.4) is 0 Å². The molecule has 0 aliphatic heterocycles. The van der Waals surface area contributed by atoms with E-state index in [1.54, 1.807) is 13.2 Å². The molecule has 0 radical (unpaired) electrons. The highest BCUT2D eigenvalue weighted by atomic mass is 79.9. The Balaban J connectivity index is 2.28. The number of aryl methyl sites for hydroxylation is 1. The topological polar surface area (TPSA) is 41.5 Å². The van der Waals surface area contributed by atoms with E-state index in [1.165, 1.54) is 5.56 Å². The van der Waals surface area contributed by atoms with Crippen molar-refractivity contribution in [1.29, 1.82) is 0 Å². The van der Waals surface area contributed by atoms with Gasteiger partial charge < -0.3 is 15.2 Å². The molecule has 0 amide bonds. The summed E-state index contributed by atoms with van der Waals surface area (Å²) in [7, 11) is 1.58. The molecule has 0 aliphatic rings. The van der Waals surface area contributed by atoms with E-state index in [-0.39, 0.29) is 11.8 Å². The lowest BCUT2D eigenvalue weighted by Crippen LogP contribution is -2.08. The molecule has 2 rings (SSSR count). The maximum Gasteiger partial charge on any atom is 0.124 e. The minimum Gasteiger partial charge on any atom is -0.507 e. The first-order valence-corrected chi connectivity index (χ1v) is 8.10. The SMILES string of the molecule is COc1ccc(C(C)Nc2c(Br)cc(C)cc2Br)c(O)c1. The highest BCUT2D eigenvalue weighted by Crippen LogP contribution is 2.36. The molecule has 0 saturated carbocycles. The second-order valence-corrected chi connectivity index (χ2v) is 6.60. The van der Waals surface area contributed by atoms with Gasteiger partial charge in [-0.25, -0.2) is 0 Å². The van der Waals surface area contributed by atoms with E-state index in [1.807, 2.05) is 38.1 Å².